The van der Waals surface area contributed by atoms with Gasteiger partial charge in [-0.15, -0.1) is 0 Å². The molecule has 0 N–H and O–H groups in total. The molecule has 4 nitrogen and oxygen atoms in total. The Morgan fingerprint density at radius 2 is 1.96 bits per heavy atom. The topological polar surface area (TPSA) is 46.1 Å². The number of rotatable bonds is 1. The van der Waals surface area contributed by atoms with Crippen molar-refractivity contribution in [2.24, 2.45) is 0 Å². The summed E-state index contributed by atoms with van der Waals surface area (Å²) in [4.78, 5) is 22.2. The number of fused-ring (bicyclic) bond motifs is 2. The Labute approximate surface area is 157 Å². The van der Waals surface area contributed by atoms with Crippen LogP contribution in [-0.4, -0.2) is 27.3 Å². The van der Waals surface area contributed by atoms with Gasteiger partial charge < -0.3 is 4.90 Å². The molecule has 0 fully saturated rings. The van der Waals surface area contributed by atoms with E-state index in [0.717, 1.165) is 40.5 Å². The lowest BCUT2D eigenvalue weighted by Crippen LogP contribution is -2.36. The van der Waals surface area contributed by atoms with Gasteiger partial charge in [0, 0.05) is 41.8 Å². The van der Waals surface area contributed by atoms with Crippen LogP contribution in [0.15, 0.2) is 42.6 Å². The van der Waals surface area contributed by atoms with Crippen LogP contribution in [0.5, 0.6) is 0 Å². The first-order valence-electron chi connectivity index (χ1n) is 8.22. The second-order valence-corrected chi connectivity index (χ2v) is 6.77. The van der Waals surface area contributed by atoms with Gasteiger partial charge in [0.1, 0.15) is 5.69 Å². The lowest BCUT2D eigenvalue weighted by Gasteiger charge is -2.28. The van der Waals surface area contributed by atoms with E-state index in [4.69, 9.17) is 11.6 Å². The van der Waals surface area contributed by atoms with E-state index in [1.54, 1.807) is 11.0 Å². The predicted molar refractivity (Wildman–Crippen MR) is 94.4 cm³/mol. The number of carbonyl (C=O) groups is 1. The van der Waals surface area contributed by atoms with Gasteiger partial charge in [-0.2, -0.15) is 13.2 Å². The number of hydrogen-bond acceptors (Lipinski definition) is 3. The number of nitrogens with zero attached hydrogens (tertiary/aromatic N) is 3. The average molecular weight is 392 g/mol. The first kappa shape index (κ1) is 17.7. The lowest BCUT2D eigenvalue weighted by molar-refractivity contribution is -0.141. The van der Waals surface area contributed by atoms with Gasteiger partial charge in [-0.05, 0) is 42.0 Å². The molecule has 0 atom stereocenters. The Balaban J connectivity index is 1.59. The average Bonchev–Trinajstić information content (AvgIpc) is 2.64. The molecule has 1 aliphatic heterocycles. The van der Waals surface area contributed by atoms with Crippen molar-refractivity contribution in [2.45, 2.75) is 19.1 Å². The van der Waals surface area contributed by atoms with Crippen molar-refractivity contribution in [3.63, 3.8) is 0 Å². The molecule has 0 saturated heterocycles. The maximum absolute atomic E-state index is 12.7. The highest BCUT2D eigenvalue weighted by atomic mass is 35.5. The Hall–Kier alpha value is -2.67. The SMILES string of the molecule is O=C(c1ccc(C(F)(F)F)nc1)N1CCc2nc3ccc(Cl)cc3cc2C1. The molecule has 0 bridgehead atoms. The van der Waals surface area contributed by atoms with Crippen LogP contribution in [0.4, 0.5) is 13.2 Å². The molecule has 0 aliphatic carbocycles. The van der Waals surface area contributed by atoms with E-state index in [0.29, 0.717) is 24.5 Å². The molecule has 3 aromatic rings. The number of hydrogen-bond donors (Lipinski definition) is 0. The number of benzene rings is 1. The van der Waals surface area contributed by atoms with Crippen molar-refractivity contribution in [2.75, 3.05) is 6.54 Å². The molecule has 8 heteroatoms. The predicted octanol–water partition coefficient (Wildman–Crippen LogP) is 4.50. The molecular weight excluding hydrogens is 379 g/mol. The Morgan fingerprint density at radius 1 is 1.15 bits per heavy atom. The molecule has 27 heavy (non-hydrogen) atoms. The van der Waals surface area contributed by atoms with Crippen LogP contribution in [0.3, 0.4) is 0 Å². The Kier molecular flexibility index (Phi) is 4.26. The zero-order valence-electron chi connectivity index (χ0n) is 13.9. The minimum Gasteiger partial charge on any atom is -0.334 e. The van der Waals surface area contributed by atoms with E-state index in [-0.39, 0.29) is 11.5 Å². The third-order valence-corrected chi connectivity index (χ3v) is 4.75. The summed E-state index contributed by atoms with van der Waals surface area (Å²) in [5.41, 5.74) is 1.77. The zero-order chi connectivity index (χ0) is 19.2. The third-order valence-electron chi connectivity index (χ3n) is 4.51. The summed E-state index contributed by atoms with van der Waals surface area (Å²) in [5.74, 6) is -0.354. The fourth-order valence-electron chi connectivity index (χ4n) is 3.15. The van der Waals surface area contributed by atoms with Crippen LogP contribution < -0.4 is 0 Å². The number of aromatic nitrogens is 2. The van der Waals surface area contributed by atoms with Crippen molar-refractivity contribution in [3.8, 4) is 0 Å². The molecular formula is C19H13ClF3N3O. The van der Waals surface area contributed by atoms with Crippen molar-refractivity contribution in [1.29, 1.82) is 0 Å². The van der Waals surface area contributed by atoms with Crippen molar-refractivity contribution in [1.82, 2.24) is 14.9 Å². The largest absolute Gasteiger partial charge is 0.433 e. The van der Waals surface area contributed by atoms with E-state index in [1.165, 1.54) is 0 Å². The molecule has 1 aliphatic rings. The fourth-order valence-corrected chi connectivity index (χ4v) is 3.33. The number of halogens is 4. The Morgan fingerprint density at radius 3 is 2.67 bits per heavy atom. The third kappa shape index (κ3) is 3.47. The summed E-state index contributed by atoms with van der Waals surface area (Å²) in [7, 11) is 0. The molecule has 0 spiro atoms. The van der Waals surface area contributed by atoms with Gasteiger partial charge in [-0.1, -0.05) is 11.6 Å². The summed E-state index contributed by atoms with van der Waals surface area (Å²) >= 11 is 6.03. The van der Waals surface area contributed by atoms with Gasteiger partial charge in [0.25, 0.3) is 5.91 Å². The van der Waals surface area contributed by atoms with E-state index >= 15 is 0 Å². The normalized spacial score (nSPS) is 14.3. The maximum atomic E-state index is 12.7. The Bertz CT molecular complexity index is 1030. The lowest BCUT2D eigenvalue weighted by atomic mass is 10.0. The highest BCUT2D eigenvalue weighted by Gasteiger charge is 2.32. The summed E-state index contributed by atoms with van der Waals surface area (Å²) in [6.45, 7) is 0.781. The first-order chi connectivity index (χ1) is 12.8. The molecule has 3 heterocycles. The van der Waals surface area contributed by atoms with Gasteiger partial charge in [-0.3, -0.25) is 14.8 Å². The van der Waals surface area contributed by atoms with E-state index < -0.39 is 11.9 Å². The minimum atomic E-state index is -4.53. The molecule has 0 saturated carbocycles. The van der Waals surface area contributed by atoms with Crippen molar-refractivity contribution in [3.05, 3.63) is 70.1 Å². The second kappa shape index (κ2) is 6.49. The highest BCUT2D eigenvalue weighted by Crippen LogP contribution is 2.28. The first-order valence-corrected chi connectivity index (χ1v) is 8.59. The number of amides is 1. The smallest absolute Gasteiger partial charge is 0.334 e. The van der Waals surface area contributed by atoms with E-state index in [1.807, 2.05) is 18.2 Å². The van der Waals surface area contributed by atoms with Crippen LogP contribution >= 0.6 is 11.6 Å². The van der Waals surface area contributed by atoms with Crippen molar-refractivity contribution < 1.29 is 18.0 Å². The molecule has 138 valence electrons. The molecule has 4 rings (SSSR count). The quantitative estimate of drug-likeness (QED) is 0.613. The standard InChI is InChI=1S/C19H13ClF3N3O/c20-14-2-3-15-12(8-14)7-13-10-26(6-5-16(13)25-15)18(27)11-1-4-17(24-9-11)19(21,22)23/h1-4,7-9H,5-6,10H2. The van der Waals surface area contributed by atoms with E-state index in [9.17, 15) is 18.0 Å². The summed E-state index contributed by atoms with van der Waals surface area (Å²) in [6, 6.07) is 9.37. The maximum Gasteiger partial charge on any atom is 0.433 e. The number of alkyl halides is 3. The van der Waals surface area contributed by atoms with Crippen LogP contribution in [-0.2, 0) is 19.1 Å². The van der Waals surface area contributed by atoms with E-state index in [2.05, 4.69) is 9.97 Å². The number of carbonyl (C=O) groups excluding carboxylic acids is 1. The molecule has 1 aromatic carbocycles. The summed E-state index contributed by atoms with van der Waals surface area (Å²) in [5, 5.41) is 1.48. The summed E-state index contributed by atoms with van der Waals surface area (Å²) in [6.07, 6.45) is -2.98. The summed E-state index contributed by atoms with van der Waals surface area (Å²) < 4.78 is 37.9. The minimum absolute atomic E-state index is 0.128. The highest BCUT2D eigenvalue weighted by molar-refractivity contribution is 6.31. The van der Waals surface area contributed by atoms with Gasteiger partial charge in [0.05, 0.1) is 11.1 Å². The molecule has 1 amide bonds. The van der Waals surface area contributed by atoms with Gasteiger partial charge in [-0.25, -0.2) is 0 Å². The van der Waals surface area contributed by atoms with Crippen LogP contribution in [0.1, 0.15) is 27.3 Å². The zero-order valence-corrected chi connectivity index (χ0v) is 14.7. The number of pyridine rings is 2. The van der Waals surface area contributed by atoms with Crippen molar-refractivity contribution >= 4 is 28.4 Å². The fraction of sp³-hybridized carbons (Fsp3) is 0.211. The van der Waals surface area contributed by atoms with Crippen LogP contribution in [0.2, 0.25) is 5.02 Å². The molecule has 0 radical (unpaired) electrons. The van der Waals surface area contributed by atoms with Gasteiger partial charge in [0.15, 0.2) is 0 Å². The molecule has 2 aromatic heterocycles. The van der Waals surface area contributed by atoms with Gasteiger partial charge >= 0.3 is 6.18 Å². The monoisotopic (exact) mass is 391 g/mol. The van der Waals surface area contributed by atoms with Crippen LogP contribution in [0.25, 0.3) is 10.9 Å². The second-order valence-electron chi connectivity index (χ2n) is 6.34. The van der Waals surface area contributed by atoms with Gasteiger partial charge in [0.2, 0.25) is 0 Å². The van der Waals surface area contributed by atoms with Crippen LogP contribution in [0, 0.1) is 0 Å². The molecule has 0 unspecified atom stereocenters.